The monoisotopic (exact) mass is 466 g/mol. The van der Waals surface area contributed by atoms with Gasteiger partial charge in [0.2, 0.25) is 5.95 Å². The second kappa shape index (κ2) is 8.53. The number of amides is 1. The van der Waals surface area contributed by atoms with Crippen molar-refractivity contribution in [3.63, 3.8) is 0 Å². The van der Waals surface area contributed by atoms with Gasteiger partial charge in [0.25, 0.3) is 0 Å². The third kappa shape index (κ3) is 3.68. The van der Waals surface area contributed by atoms with Crippen molar-refractivity contribution < 1.29 is 9.53 Å². The predicted molar refractivity (Wildman–Crippen MR) is 121 cm³/mol. The second-order valence-electron chi connectivity index (χ2n) is 7.09. The van der Waals surface area contributed by atoms with Crippen molar-refractivity contribution in [2.45, 2.75) is 32.4 Å². The highest BCUT2D eigenvalue weighted by molar-refractivity contribution is 6.36. The number of fused-ring (bicyclic) bond motifs is 3. The topological polar surface area (TPSA) is 59.4 Å². The minimum Gasteiger partial charge on any atom is -0.453 e. The van der Waals surface area contributed by atoms with Gasteiger partial charge < -0.3 is 19.5 Å². The number of methoxy groups -OCH3 is 1. The van der Waals surface area contributed by atoms with Gasteiger partial charge in [-0.2, -0.15) is 0 Å². The van der Waals surface area contributed by atoms with E-state index in [0.29, 0.717) is 27.0 Å². The first-order chi connectivity index (χ1) is 14.4. The van der Waals surface area contributed by atoms with Crippen molar-refractivity contribution in [3.05, 3.63) is 51.0 Å². The van der Waals surface area contributed by atoms with Crippen molar-refractivity contribution in [2.75, 3.05) is 18.6 Å². The largest absolute Gasteiger partial charge is 0.453 e. The third-order valence-electron chi connectivity index (χ3n) is 5.32. The van der Waals surface area contributed by atoms with Crippen LogP contribution in [0.15, 0.2) is 30.3 Å². The Morgan fingerprint density at radius 2 is 2.00 bits per heavy atom. The molecular formula is C21H21Cl3N4O2. The molecule has 0 radical (unpaired) electrons. The van der Waals surface area contributed by atoms with Gasteiger partial charge in [-0.05, 0) is 37.1 Å². The summed E-state index contributed by atoms with van der Waals surface area (Å²) in [4.78, 5) is 18.8. The van der Waals surface area contributed by atoms with Crippen molar-refractivity contribution in [1.29, 1.82) is 0 Å². The van der Waals surface area contributed by atoms with E-state index in [-0.39, 0.29) is 6.04 Å². The number of carbonyl (C=O) groups is 1. The highest BCUT2D eigenvalue weighted by atomic mass is 35.5. The Labute approximate surface area is 189 Å². The average Bonchev–Trinajstić information content (AvgIpc) is 3.13. The number of ether oxygens (including phenoxy) is 1. The van der Waals surface area contributed by atoms with Crippen molar-refractivity contribution in [3.8, 4) is 0 Å². The number of halogens is 3. The van der Waals surface area contributed by atoms with Crippen LogP contribution in [0.4, 0.5) is 16.4 Å². The molecule has 6 nitrogen and oxygen atoms in total. The number of hydrogen-bond donors (Lipinski definition) is 1. The molecular weight excluding hydrogens is 447 g/mol. The molecule has 1 atom stereocenters. The van der Waals surface area contributed by atoms with Crippen LogP contribution in [0.25, 0.3) is 11.0 Å². The fourth-order valence-electron chi connectivity index (χ4n) is 3.94. The SMILES string of the molecule is CCC(NC(=O)OC)c1ccc(Cl)c2nc3n(c12)CCCN3c1ccc(Cl)cc1Cl. The maximum Gasteiger partial charge on any atom is 0.407 e. The lowest BCUT2D eigenvalue weighted by molar-refractivity contribution is 0.166. The standard InChI is InChI=1S/C21H21Cl3N4O2/c1-3-16(25-21(29)30-2)13-6-7-14(23)18-19(13)28-10-4-9-27(20(28)26-18)17-8-5-12(22)11-15(17)24/h5-8,11,16H,3-4,9-10H2,1-2H3,(H,25,29). The summed E-state index contributed by atoms with van der Waals surface area (Å²) in [6, 6.07) is 8.97. The summed E-state index contributed by atoms with van der Waals surface area (Å²) in [5.74, 6) is 0.766. The number of nitrogens with zero attached hydrogens (tertiary/aromatic N) is 3. The Kier molecular flexibility index (Phi) is 6.00. The molecule has 0 saturated heterocycles. The Bertz CT molecular complexity index is 1120. The minimum atomic E-state index is -0.474. The first-order valence-corrected chi connectivity index (χ1v) is 10.8. The van der Waals surface area contributed by atoms with Crippen LogP contribution < -0.4 is 10.2 Å². The summed E-state index contributed by atoms with van der Waals surface area (Å²) >= 11 is 19.1. The molecule has 0 saturated carbocycles. The molecule has 0 bridgehead atoms. The van der Waals surface area contributed by atoms with Crippen LogP contribution in [0.5, 0.6) is 0 Å². The van der Waals surface area contributed by atoms with E-state index in [1.807, 2.05) is 31.2 Å². The molecule has 0 aliphatic carbocycles. The Morgan fingerprint density at radius 1 is 1.20 bits per heavy atom. The number of anilines is 2. The smallest absolute Gasteiger partial charge is 0.407 e. The molecule has 1 aliphatic rings. The van der Waals surface area contributed by atoms with Gasteiger partial charge in [0, 0.05) is 23.7 Å². The van der Waals surface area contributed by atoms with Crippen LogP contribution in [-0.2, 0) is 11.3 Å². The summed E-state index contributed by atoms with van der Waals surface area (Å²) in [7, 11) is 1.36. The van der Waals surface area contributed by atoms with Crippen LogP contribution in [0.1, 0.15) is 31.4 Å². The predicted octanol–water partition coefficient (Wildman–Crippen LogP) is 6.35. The molecule has 1 aromatic heterocycles. The van der Waals surface area contributed by atoms with Crippen LogP contribution in [0.2, 0.25) is 15.1 Å². The highest BCUT2D eigenvalue weighted by Gasteiger charge is 2.28. The van der Waals surface area contributed by atoms with E-state index in [2.05, 4.69) is 14.8 Å². The number of rotatable bonds is 4. The van der Waals surface area contributed by atoms with Crippen LogP contribution in [-0.4, -0.2) is 29.3 Å². The molecule has 1 amide bonds. The van der Waals surface area contributed by atoms with E-state index in [4.69, 9.17) is 44.5 Å². The number of benzene rings is 2. The number of imidazole rings is 1. The highest BCUT2D eigenvalue weighted by Crippen LogP contribution is 2.40. The van der Waals surface area contributed by atoms with E-state index < -0.39 is 6.09 Å². The zero-order valence-electron chi connectivity index (χ0n) is 16.6. The van der Waals surface area contributed by atoms with Gasteiger partial charge in [-0.1, -0.05) is 47.8 Å². The first kappa shape index (κ1) is 21.1. The zero-order chi connectivity index (χ0) is 21.4. The maximum absolute atomic E-state index is 11.9. The van der Waals surface area contributed by atoms with Gasteiger partial charge in [-0.25, -0.2) is 9.78 Å². The molecule has 4 rings (SSSR count). The fraction of sp³-hybridized carbons (Fsp3) is 0.333. The van der Waals surface area contributed by atoms with Crippen LogP contribution in [0, 0.1) is 0 Å². The Balaban J connectivity index is 1.88. The zero-order valence-corrected chi connectivity index (χ0v) is 18.9. The number of carbonyl (C=O) groups excluding carboxylic acids is 1. The van der Waals surface area contributed by atoms with Crippen molar-refractivity contribution >= 4 is 63.6 Å². The van der Waals surface area contributed by atoms with Crippen LogP contribution >= 0.6 is 34.8 Å². The summed E-state index contributed by atoms with van der Waals surface area (Å²) < 4.78 is 6.94. The van der Waals surface area contributed by atoms with Gasteiger partial charge in [0.15, 0.2) is 0 Å². The number of nitrogens with one attached hydrogen (secondary N) is 1. The van der Waals surface area contributed by atoms with Crippen molar-refractivity contribution in [2.24, 2.45) is 0 Å². The lowest BCUT2D eigenvalue weighted by atomic mass is 10.0. The minimum absolute atomic E-state index is 0.229. The first-order valence-electron chi connectivity index (χ1n) is 9.70. The lowest BCUT2D eigenvalue weighted by Crippen LogP contribution is -2.30. The molecule has 9 heteroatoms. The number of alkyl carbamates (subject to hydrolysis) is 1. The molecule has 1 aliphatic heterocycles. The van der Waals surface area contributed by atoms with Gasteiger partial charge in [-0.3, -0.25) is 0 Å². The van der Waals surface area contributed by atoms with Gasteiger partial charge >= 0.3 is 6.09 Å². The molecule has 1 unspecified atom stereocenters. The Morgan fingerprint density at radius 3 is 2.70 bits per heavy atom. The molecule has 158 valence electrons. The van der Waals surface area contributed by atoms with Gasteiger partial charge in [0.1, 0.15) is 5.52 Å². The average molecular weight is 468 g/mol. The summed E-state index contributed by atoms with van der Waals surface area (Å²) in [5.41, 5.74) is 3.40. The molecule has 2 aromatic carbocycles. The van der Waals surface area contributed by atoms with E-state index >= 15 is 0 Å². The lowest BCUT2D eigenvalue weighted by Gasteiger charge is -2.30. The number of aryl methyl sites for hydroxylation is 1. The molecule has 0 fully saturated rings. The fourth-order valence-corrected chi connectivity index (χ4v) is 4.64. The number of aromatic nitrogens is 2. The Hall–Kier alpha value is -2.15. The molecule has 0 spiro atoms. The second-order valence-corrected chi connectivity index (χ2v) is 8.35. The van der Waals surface area contributed by atoms with Gasteiger partial charge in [0.05, 0.1) is 34.4 Å². The molecule has 2 heterocycles. The summed E-state index contributed by atoms with van der Waals surface area (Å²) in [5, 5.41) is 4.61. The normalized spacial score (nSPS) is 14.5. The van der Waals surface area contributed by atoms with E-state index in [1.165, 1.54) is 7.11 Å². The molecule has 30 heavy (non-hydrogen) atoms. The summed E-state index contributed by atoms with van der Waals surface area (Å²) in [6.07, 6.45) is 1.13. The van der Waals surface area contributed by atoms with Crippen LogP contribution in [0.3, 0.4) is 0 Å². The third-order valence-corrected chi connectivity index (χ3v) is 6.17. The van der Waals surface area contributed by atoms with Gasteiger partial charge in [-0.15, -0.1) is 0 Å². The maximum atomic E-state index is 11.9. The van der Waals surface area contributed by atoms with E-state index in [1.54, 1.807) is 6.07 Å². The summed E-state index contributed by atoms with van der Waals surface area (Å²) in [6.45, 7) is 3.57. The molecule has 3 aromatic rings. The van der Waals surface area contributed by atoms with E-state index in [0.717, 1.165) is 42.2 Å². The van der Waals surface area contributed by atoms with Crippen molar-refractivity contribution in [1.82, 2.24) is 14.9 Å². The quantitative estimate of drug-likeness (QED) is 0.486. The molecule has 1 N–H and O–H groups in total. The number of hydrogen-bond acceptors (Lipinski definition) is 4. The van der Waals surface area contributed by atoms with E-state index in [9.17, 15) is 4.79 Å².